The third-order valence-electron chi connectivity index (χ3n) is 4.17. The second-order valence-electron chi connectivity index (χ2n) is 6.25. The number of nitro groups is 1. The molecule has 0 saturated carbocycles. The Balaban J connectivity index is 1.74. The number of hydrogen-bond acceptors (Lipinski definition) is 7. The zero-order chi connectivity index (χ0) is 22.9. The van der Waals surface area contributed by atoms with Crippen LogP contribution in [0.2, 0.25) is 5.02 Å². The maximum atomic E-state index is 13.3. The molecule has 0 saturated heterocycles. The van der Waals surface area contributed by atoms with E-state index in [-0.39, 0.29) is 28.2 Å². The van der Waals surface area contributed by atoms with Crippen LogP contribution < -0.4 is 4.74 Å². The summed E-state index contributed by atoms with van der Waals surface area (Å²) in [6, 6.07) is 4.52. The summed E-state index contributed by atoms with van der Waals surface area (Å²) < 4.78 is 58.6. The maximum Gasteiger partial charge on any atom is 0.297 e. The van der Waals surface area contributed by atoms with Gasteiger partial charge in [0.05, 0.1) is 9.95 Å². The van der Waals surface area contributed by atoms with Crippen LogP contribution in [0.15, 0.2) is 35.6 Å². The molecular formula is C16H12ClF4N5O5. The minimum absolute atomic E-state index is 0.0634. The Morgan fingerprint density at radius 2 is 2.06 bits per heavy atom. The molecule has 1 aliphatic heterocycles. The minimum Gasteiger partial charge on any atom is -0.470 e. The van der Waals surface area contributed by atoms with E-state index < -0.39 is 47.2 Å². The van der Waals surface area contributed by atoms with Crippen molar-refractivity contribution in [1.29, 1.82) is 0 Å². The van der Waals surface area contributed by atoms with Gasteiger partial charge in [-0.05, 0) is 12.1 Å². The van der Waals surface area contributed by atoms with Crippen LogP contribution in [0.5, 0.6) is 5.75 Å². The first kappa shape index (κ1) is 22.4. The number of carbonyl (C=O) groups excluding carboxylic acids is 1. The molecule has 0 radical (unpaired) electrons. The number of rotatable bonds is 7. The van der Waals surface area contributed by atoms with E-state index in [1.165, 1.54) is 12.3 Å². The second kappa shape index (κ2) is 8.47. The fourth-order valence-corrected chi connectivity index (χ4v) is 2.85. The van der Waals surface area contributed by atoms with Crippen molar-refractivity contribution in [2.45, 2.75) is 31.7 Å². The van der Waals surface area contributed by atoms with Crippen molar-refractivity contribution in [2.75, 3.05) is 0 Å². The van der Waals surface area contributed by atoms with Crippen molar-refractivity contribution in [3.63, 3.8) is 0 Å². The van der Waals surface area contributed by atoms with Gasteiger partial charge in [-0.3, -0.25) is 14.9 Å². The molecule has 1 atom stereocenters. The number of amides is 1. The van der Waals surface area contributed by atoms with E-state index in [9.17, 15) is 37.6 Å². The summed E-state index contributed by atoms with van der Waals surface area (Å²) in [7, 11) is 0. The van der Waals surface area contributed by atoms with Crippen molar-refractivity contribution in [3.05, 3.63) is 51.3 Å². The van der Waals surface area contributed by atoms with Gasteiger partial charge in [0.2, 0.25) is 5.72 Å². The summed E-state index contributed by atoms with van der Waals surface area (Å²) in [5.74, 6) is -1.26. The van der Waals surface area contributed by atoms with Crippen LogP contribution in [-0.2, 0) is 6.73 Å². The van der Waals surface area contributed by atoms with Gasteiger partial charge in [0.1, 0.15) is 11.5 Å². The maximum absolute atomic E-state index is 13.3. The Kier molecular flexibility index (Phi) is 6.13. The first-order valence-corrected chi connectivity index (χ1v) is 8.71. The molecule has 1 aromatic carbocycles. The standard InChI is InChI=1S/C16H12ClF4N5O5/c17-9-5-8(26(29)30)1-2-12(9)31-7-24-4-3-10(22-24)14(27)25-16(28,15(20)21)6-11(23-25)13(18)19/h1-5,13,15,28H,6-7H2. The van der Waals surface area contributed by atoms with Crippen LogP contribution in [0.3, 0.4) is 0 Å². The molecule has 10 nitrogen and oxygen atoms in total. The molecule has 1 aliphatic rings. The van der Waals surface area contributed by atoms with Gasteiger partial charge in [-0.1, -0.05) is 11.6 Å². The molecule has 1 aromatic heterocycles. The fraction of sp³-hybridized carbons (Fsp3) is 0.312. The van der Waals surface area contributed by atoms with Gasteiger partial charge in [-0.25, -0.2) is 22.2 Å². The van der Waals surface area contributed by atoms with Gasteiger partial charge in [0, 0.05) is 24.8 Å². The number of hydrazone groups is 1. The van der Waals surface area contributed by atoms with E-state index in [1.54, 1.807) is 0 Å². The number of nitro benzene ring substituents is 1. The van der Waals surface area contributed by atoms with E-state index in [2.05, 4.69) is 10.2 Å². The largest absolute Gasteiger partial charge is 0.470 e. The number of aliphatic hydroxyl groups is 1. The lowest BCUT2D eigenvalue weighted by molar-refractivity contribution is -0.384. The lowest BCUT2D eigenvalue weighted by Gasteiger charge is -2.29. The summed E-state index contributed by atoms with van der Waals surface area (Å²) in [5, 5.41) is 27.5. The number of ether oxygens (including phenoxy) is 1. The highest BCUT2D eigenvalue weighted by Gasteiger charge is 2.53. The fourth-order valence-electron chi connectivity index (χ4n) is 2.62. The van der Waals surface area contributed by atoms with Crippen LogP contribution in [0, 0.1) is 10.1 Å². The summed E-state index contributed by atoms with van der Waals surface area (Å²) in [4.78, 5) is 22.5. The van der Waals surface area contributed by atoms with Gasteiger partial charge in [0.15, 0.2) is 12.4 Å². The molecule has 15 heteroatoms. The predicted molar refractivity (Wildman–Crippen MR) is 96.1 cm³/mol. The number of non-ortho nitro benzene ring substituents is 1. The van der Waals surface area contributed by atoms with Crippen LogP contribution in [0.25, 0.3) is 0 Å². The number of carbonyl (C=O) groups is 1. The number of nitrogens with zero attached hydrogens (tertiary/aromatic N) is 5. The number of benzene rings is 1. The quantitative estimate of drug-likeness (QED) is 0.381. The Bertz CT molecular complexity index is 1050. The number of halogens is 5. The monoisotopic (exact) mass is 465 g/mol. The van der Waals surface area contributed by atoms with Crippen LogP contribution in [0.1, 0.15) is 16.9 Å². The molecule has 0 bridgehead atoms. The van der Waals surface area contributed by atoms with E-state index in [0.717, 1.165) is 22.9 Å². The lowest BCUT2D eigenvalue weighted by atomic mass is 10.1. The van der Waals surface area contributed by atoms with Gasteiger partial charge >= 0.3 is 0 Å². The Labute approximate surface area is 175 Å². The Hall–Kier alpha value is -3.26. The van der Waals surface area contributed by atoms with E-state index in [1.807, 2.05) is 0 Å². The van der Waals surface area contributed by atoms with E-state index in [0.29, 0.717) is 0 Å². The SMILES string of the molecule is O=C(c1ccn(COc2ccc([N+](=O)[O-])cc2Cl)n1)N1N=C(C(F)F)CC1(O)C(F)F. The average molecular weight is 466 g/mol. The molecule has 2 heterocycles. The molecule has 0 spiro atoms. The molecule has 2 aromatic rings. The first-order chi connectivity index (χ1) is 14.5. The number of aromatic nitrogens is 2. The number of hydrogen-bond donors (Lipinski definition) is 1. The van der Waals surface area contributed by atoms with Crippen LogP contribution in [0.4, 0.5) is 23.2 Å². The Morgan fingerprint density at radius 3 is 2.65 bits per heavy atom. The van der Waals surface area contributed by atoms with Crippen LogP contribution >= 0.6 is 11.6 Å². The lowest BCUT2D eigenvalue weighted by Crippen LogP contribution is -2.51. The third kappa shape index (κ3) is 4.44. The number of alkyl halides is 4. The topological polar surface area (TPSA) is 123 Å². The summed E-state index contributed by atoms with van der Waals surface area (Å²) >= 11 is 5.89. The summed E-state index contributed by atoms with van der Waals surface area (Å²) in [6.45, 7) is -0.338. The predicted octanol–water partition coefficient (Wildman–Crippen LogP) is 2.90. The molecular weight excluding hydrogens is 454 g/mol. The first-order valence-electron chi connectivity index (χ1n) is 8.33. The molecule has 31 heavy (non-hydrogen) atoms. The second-order valence-corrected chi connectivity index (χ2v) is 6.66. The molecule has 166 valence electrons. The van der Waals surface area contributed by atoms with Gasteiger partial charge < -0.3 is 9.84 Å². The highest BCUT2D eigenvalue weighted by atomic mass is 35.5. The van der Waals surface area contributed by atoms with Gasteiger partial charge in [-0.2, -0.15) is 15.2 Å². The summed E-state index contributed by atoms with van der Waals surface area (Å²) in [6.07, 6.45) is -6.80. The van der Waals surface area contributed by atoms with E-state index in [4.69, 9.17) is 16.3 Å². The highest BCUT2D eigenvalue weighted by Crippen LogP contribution is 2.34. The van der Waals surface area contributed by atoms with Gasteiger partial charge in [-0.15, -0.1) is 0 Å². The summed E-state index contributed by atoms with van der Waals surface area (Å²) in [5.41, 5.74) is -5.02. The average Bonchev–Trinajstić information content (AvgIpc) is 3.32. The molecule has 3 rings (SSSR count). The van der Waals surface area contributed by atoms with E-state index >= 15 is 0 Å². The smallest absolute Gasteiger partial charge is 0.297 e. The molecule has 0 fully saturated rings. The van der Waals surface area contributed by atoms with Crippen molar-refractivity contribution >= 4 is 28.9 Å². The third-order valence-corrected chi connectivity index (χ3v) is 4.46. The van der Waals surface area contributed by atoms with Crippen molar-refractivity contribution in [2.24, 2.45) is 5.10 Å². The minimum atomic E-state index is -3.56. The normalized spacial score (nSPS) is 18.6. The van der Waals surface area contributed by atoms with Crippen molar-refractivity contribution in [3.8, 4) is 5.75 Å². The van der Waals surface area contributed by atoms with Crippen molar-refractivity contribution < 1.29 is 37.1 Å². The zero-order valence-corrected chi connectivity index (χ0v) is 15.9. The Morgan fingerprint density at radius 1 is 1.35 bits per heavy atom. The van der Waals surface area contributed by atoms with Crippen LogP contribution in [-0.4, -0.2) is 55.0 Å². The van der Waals surface area contributed by atoms with Crippen molar-refractivity contribution in [1.82, 2.24) is 14.8 Å². The molecule has 1 N–H and O–H groups in total. The zero-order valence-electron chi connectivity index (χ0n) is 15.2. The van der Waals surface area contributed by atoms with Gasteiger partial charge in [0.25, 0.3) is 24.4 Å². The molecule has 1 amide bonds. The molecule has 1 unspecified atom stereocenters. The highest BCUT2D eigenvalue weighted by molar-refractivity contribution is 6.32. The molecule has 0 aliphatic carbocycles.